The summed E-state index contributed by atoms with van der Waals surface area (Å²) in [7, 11) is -1.37. The normalized spacial score (nSPS) is 39.7. The third kappa shape index (κ3) is 3.14. The van der Waals surface area contributed by atoms with Gasteiger partial charge in [0, 0.05) is 5.54 Å². The summed E-state index contributed by atoms with van der Waals surface area (Å²) in [6.07, 6.45) is 0. The van der Waals surface area contributed by atoms with Crippen molar-refractivity contribution in [1.82, 2.24) is 4.98 Å². The van der Waals surface area contributed by atoms with Crippen LogP contribution in [0.1, 0.15) is 48.5 Å². The Bertz CT molecular complexity index is 253. The first-order chi connectivity index (χ1) is 7.47. The summed E-state index contributed by atoms with van der Waals surface area (Å²) in [6.45, 7) is 21.8. The average Bonchev–Trinajstić information content (AvgIpc) is 2.27. The Morgan fingerprint density at radius 2 is 1.12 bits per heavy atom. The second-order valence-corrected chi connectivity index (χ2v) is 12.4. The first kappa shape index (κ1) is 15.2. The summed E-state index contributed by atoms with van der Waals surface area (Å²) < 4.78 is 0. The highest BCUT2D eigenvalue weighted by atomic mass is 28.3. The average molecular weight is 256 g/mol. The third-order valence-electron chi connectivity index (χ3n) is 5.15. The topological polar surface area (TPSA) is 12.0 Å². The molecule has 4 unspecified atom stereocenters. The number of hydrogen-bond acceptors (Lipinski definition) is 1. The van der Waals surface area contributed by atoms with Gasteiger partial charge in [-0.1, -0.05) is 40.8 Å². The van der Waals surface area contributed by atoms with Crippen LogP contribution >= 0.6 is 0 Å². The van der Waals surface area contributed by atoms with Gasteiger partial charge in [-0.15, -0.1) is 0 Å². The van der Waals surface area contributed by atoms with E-state index in [1.807, 2.05) is 0 Å². The molecule has 1 saturated carbocycles. The Morgan fingerprint density at radius 1 is 0.765 bits per heavy atom. The van der Waals surface area contributed by atoms with Gasteiger partial charge in [0.15, 0.2) is 0 Å². The van der Waals surface area contributed by atoms with E-state index in [9.17, 15) is 0 Å². The zero-order valence-electron chi connectivity index (χ0n) is 13.4. The fraction of sp³-hybridized carbons (Fsp3) is 1.00. The Balaban J connectivity index is 2.91. The quantitative estimate of drug-likeness (QED) is 0.716. The van der Waals surface area contributed by atoms with Crippen LogP contribution in [-0.2, 0) is 0 Å². The van der Waals surface area contributed by atoms with Crippen LogP contribution in [0.25, 0.3) is 0 Å². The van der Waals surface area contributed by atoms with Gasteiger partial charge >= 0.3 is 0 Å². The van der Waals surface area contributed by atoms with Crippen molar-refractivity contribution in [3.8, 4) is 0 Å². The molecule has 2 heteroatoms. The van der Waals surface area contributed by atoms with Crippen LogP contribution in [0.15, 0.2) is 0 Å². The van der Waals surface area contributed by atoms with Gasteiger partial charge in [0.2, 0.25) is 0 Å². The van der Waals surface area contributed by atoms with Gasteiger partial charge in [0.05, 0.1) is 0 Å². The van der Waals surface area contributed by atoms with E-state index in [0.717, 1.165) is 29.2 Å². The van der Waals surface area contributed by atoms with Gasteiger partial charge in [-0.25, -0.2) is 0 Å². The molecule has 1 nitrogen and oxygen atoms in total. The van der Waals surface area contributed by atoms with Gasteiger partial charge < -0.3 is 4.98 Å². The Hall–Kier alpha value is 0.177. The molecule has 17 heavy (non-hydrogen) atoms. The lowest BCUT2D eigenvalue weighted by Gasteiger charge is -2.41. The SMILES string of the molecule is CC1C(C)C([Si](C)(C)NC(C)(C)C)[C@H](C)C1C. The minimum absolute atomic E-state index is 0.254. The van der Waals surface area contributed by atoms with E-state index in [1.54, 1.807) is 0 Å². The van der Waals surface area contributed by atoms with Crippen molar-refractivity contribution in [1.29, 1.82) is 0 Å². The number of rotatable bonds is 2. The summed E-state index contributed by atoms with van der Waals surface area (Å²) >= 11 is 0. The molecule has 1 fully saturated rings. The summed E-state index contributed by atoms with van der Waals surface area (Å²) in [5, 5.41) is 0. The molecule has 0 saturated heterocycles. The molecule has 1 aliphatic carbocycles. The molecule has 0 amide bonds. The van der Waals surface area contributed by atoms with Crippen molar-refractivity contribution >= 4 is 8.24 Å². The zero-order valence-corrected chi connectivity index (χ0v) is 14.4. The zero-order chi connectivity index (χ0) is 13.6. The molecule has 102 valence electrons. The van der Waals surface area contributed by atoms with Gasteiger partial charge in [-0.05, 0) is 50.0 Å². The van der Waals surface area contributed by atoms with E-state index in [0.29, 0.717) is 0 Å². The molecule has 0 aromatic heterocycles. The predicted molar refractivity (Wildman–Crippen MR) is 80.8 cm³/mol. The highest BCUT2D eigenvalue weighted by molar-refractivity contribution is 6.76. The first-order valence-electron chi connectivity index (χ1n) is 7.26. The second-order valence-electron chi connectivity index (χ2n) is 8.06. The monoisotopic (exact) mass is 255 g/mol. The smallest absolute Gasteiger partial charge is 0.123 e. The van der Waals surface area contributed by atoms with Crippen LogP contribution in [0.3, 0.4) is 0 Å². The molecule has 0 aromatic carbocycles. The molecule has 0 aliphatic heterocycles. The second kappa shape index (κ2) is 4.69. The summed E-state index contributed by atoms with van der Waals surface area (Å²) in [5.41, 5.74) is 1.16. The first-order valence-corrected chi connectivity index (χ1v) is 10.3. The molecular formula is C15H33NSi. The lowest BCUT2D eigenvalue weighted by Crippen LogP contribution is -2.58. The van der Waals surface area contributed by atoms with Crippen molar-refractivity contribution < 1.29 is 0 Å². The lowest BCUT2D eigenvalue weighted by molar-refractivity contribution is 0.352. The molecule has 0 heterocycles. The number of nitrogens with one attached hydrogen (secondary N) is 1. The molecular weight excluding hydrogens is 222 g/mol. The highest BCUT2D eigenvalue weighted by Gasteiger charge is 2.50. The maximum Gasteiger partial charge on any atom is 0.123 e. The Kier molecular flexibility index (Phi) is 4.21. The largest absolute Gasteiger partial charge is 0.332 e. The van der Waals surface area contributed by atoms with Crippen molar-refractivity contribution in [2.24, 2.45) is 23.7 Å². The van der Waals surface area contributed by atoms with Crippen LogP contribution in [0, 0.1) is 23.7 Å². The van der Waals surface area contributed by atoms with Gasteiger partial charge in [-0.2, -0.15) is 0 Å². The molecule has 1 N–H and O–H groups in total. The van der Waals surface area contributed by atoms with Crippen LogP contribution in [0.5, 0.6) is 0 Å². The summed E-state index contributed by atoms with van der Waals surface area (Å²) in [5.74, 6) is 3.50. The molecule has 0 radical (unpaired) electrons. The lowest BCUT2D eigenvalue weighted by atomic mass is 9.92. The molecule has 0 spiro atoms. The molecule has 1 aliphatic rings. The van der Waals surface area contributed by atoms with Crippen LogP contribution < -0.4 is 4.98 Å². The summed E-state index contributed by atoms with van der Waals surface area (Å²) in [6, 6.07) is 0. The van der Waals surface area contributed by atoms with Crippen LogP contribution in [0.2, 0.25) is 18.6 Å². The van der Waals surface area contributed by atoms with Crippen LogP contribution in [-0.4, -0.2) is 13.8 Å². The highest BCUT2D eigenvalue weighted by Crippen LogP contribution is 2.53. The van der Waals surface area contributed by atoms with Crippen molar-refractivity contribution in [3.05, 3.63) is 0 Å². The van der Waals surface area contributed by atoms with E-state index < -0.39 is 8.24 Å². The molecule has 1 rings (SSSR count). The fourth-order valence-corrected chi connectivity index (χ4v) is 9.79. The van der Waals surface area contributed by atoms with Crippen LogP contribution in [0.4, 0.5) is 0 Å². The van der Waals surface area contributed by atoms with E-state index in [-0.39, 0.29) is 5.54 Å². The molecule has 0 aromatic rings. The minimum atomic E-state index is -1.37. The number of hydrogen-bond donors (Lipinski definition) is 1. The predicted octanol–water partition coefficient (Wildman–Crippen LogP) is 4.51. The fourth-order valence-electron chi connectivity index (χ4n) is 4.45. The van der Waals surface area contributed by atoms with Gasteiger partial charge in [0.25, 0.3) is 0 Å². The van der Waals surface area contributed by atoms with E-state index >= 15 is 0 Å². The Morgan fingerprint density at radius 3 is 1.41 bits per heavy atom. The van der Waals surface area contributed by atoms with E-state index in [4.69, 9.17) is 0 Å². The maximum absolute atomic E-state index is 3.98. The molecule has 0 bridgehead atoms. The third-order valence-corrected chi connectivity index (χ3v) is 9.26. The van der Waals surface area contributed by atoms with Crippen molar-refractivity contribution in [3.63, 3.8) is 0 Å². The van der Waals surface area contributed by atoms with Crippen molar-refractivity contribution in [2.45, 2.75) is 72.6 Å². The van der Waals surface area contributed by atoms with E-state index in [2.05, 4.69) is 66.5 Å². The minimum Gasteiger partial charge on any atom is -0.332 e. The van der Waals surface area contributed by atoms with E-state index in [1.165, 1.54) is 0 Å². The van der Waals surface area contributed by atoms with Gasteiger partial charge in [0.1, 0.15) is 8.24 Å². The van der Waals surface area contributed by atoms with Gasteiger partial charge in [-0.3, -0.25) is 0 Å². The molecule has 5 atom stereocenters. The van der Waals surface area contributed by atoms with Crippen molar-refractivity contribution in [2.75, 3.05) is 0 Å². The summed E-state index contributed by atoms with van der Waals surface area (Å²) in [4.78, 5) is 3.98. The Labute approximate surface area is 110 Å². The maximum atomic E-state index is 3.98. The standard InChI is InChI=1S/C15H33NSi/c1-10-11(2)13(4)14(12(10)3)17(8,9)16-15(5,6)7/h10-14,16H,1-9H3/t10?,11?,12-,13?,14?/m1/s1.